The number of hydrogen-bond acceptors (Lipinski definition) is 1. The molecule has 0 heterocycles. The number of carboxylic acid groups (broad SMARTS) is 1. The minimum atomic E-state index is -5.54. The van der Waals surface area contributed by atoms with Gasteiger partial charge in [0.25, 0.3) is 0 Å². The van der Waals surface area contributed by atoms with Gasteiger partial charge in [-0.2, -0.15) is 26.3 Å². The van der Waals surface area contributed by atoms with E-state index in [0.29, 0.717) is 0 Å². The SMILES string of the molecule is O=C(O)C=CC(C(F)(F)F)C(F)(F)F. The Balaban J connectivity index is 4.86. The van der Waals surface area contributed by atoms with Gasteiger partial charge in [-0.1, -0.05) is 6.08 Å². The van der Waals surface area contributed by atoms with Crippen LogP contribution < -0.4 is 0 Å². The molecule has 0 aliphatic carbocycles. The van der Waals surface area contributed by atoms with Crippen molar-refractivity contribution in [3.05, 3.63) is 12.2 Å². The second-order valence-electron chi connectivity index (χ2n) is 2.26. The predicted molar refractivity (Wildman–Crippen MR) is 32.4 cm³/mol. The minimum Gasteiger partial charge on any atom is -0.478 e. The summed E-state index contributed by atoms with van der Waals surface area (Å²) in [4.78, 5) is 9.74. The summed E-state index contributed by atoms with van der Waals surface area (Å²) < 4.78 is 70.2. The highest BCUT2D eigenvalue weighted by molar-refractivity contribution is 5.79. The molecule has 1 N–H and O–H groups in total. The Morgan fingerprint density at radius 3 is 1.64 bits per heavy atom. The van der Waals surface area contributed by atoms with Gasteiger partial charge >= 0.3 is 18.3 Å². The quantitative estimate of drug-likeness (QED) is 0.575. The zero-order chi connectivity index (χ0) is 11.6. The standard InChI is InChI=1S/C6H4F6O2/c7-5(8,9)3(6(10,11)12)1-2-4(13)14/h1-3H,(H,13,14). The van der Waals surface area contributed by atoms with Gasteiger partial charge in [-0.3, -0.25) is 0 Å². The van der Waals surface area contributed by atoms with Crippen LogP contribution in [0.15, 0.2) is 12.2 Å². The van der Waals surface area contributed by atoms with Crippen LogP contribution in [-0.2, 0) is 4.79 Å². The van der Waals surface area contributed by atoms with E-state index in [9.17, 15) is 31.1 Å². The van der Waals surface area contributed by atoms with Crippen molar-refractivity contribution in [1.82, 2.24) is 0 Å². The minimum absolute atomic E-state index is 0.189. The lowest BCUT2D eigenvalue weighted by atomic mass is 10.1. The number of hydrogen-bond donors (Lipinski definition) is 1. The van der Waals surface area contributed by atoms with Gasteiger partial charge in [-0.15, -0.1) is 0 Å². The van der Waals surface area contributed by atoms with E-state index in [4.69, 9.17) is 5.11 Å². The van der Waals surface area contributed by atoms with Crippen LogP contribution in [0.5, 0.6) is 0 Å². The highest BCUT2D eigenvalue weighted by Gasteiger charge is 2.55. The zero-order valence-corrected chi connectivity index (χ0v) is 6.36. The maximum atomic E-state index is 11.7. The number of carboxylic acids is 1. The summed E-state index contributed by atoms with van der Waals surface area (Å²) in [6.07, 6.45) is -11.7. The Morgan fingerprint density at radius 2 is 1.43 bits per heavy atom. The molecule has 0 saturated carbocycles. The maximum Gasteiger partial charge on any atom is 0.403 e. The zero-order valence-electron chi connectivity index (χ0n) is 6.36. The van der Waals surface area contributed by atoms with Gasteiger partial charge in [0.05, 0.1) is 0 Å². The third-order valence-electron chi connectivity index (χ3n) is 1.14. The van der Waals surface area contributed by atoms with Gasteiger partial charge < -0.3 is 5.11 Å². The first-order valence-corrected chi connectivity index (χ1v) is 3.09. The molecule has 0 spiro atoms. The summed E-state index contributed by atoms with van der Waals surface area (Å²) in [5.41, 5.74) is 0. The molecule has 0 saturated heterocycles. The number of aliphatic carboxylic acids is 1. The number of rotatable bonds is 2. The molecule has 0 aromatic rings. The molecule has 0 atom stereocenters. The lowest BCUT2D eigenvalue weighted by Gasteiger charge is -2.19. The van der Waals surface area contributed by atoms with Crippen molar-refractivity contribution in [2.45, 2.75) is 12.4 Å². The Kier molecular flexibility index (Phi) is 3.55. The van der Waals surface area contributed by atoms with E-state index in [2.05, 4.69) is 0 Å². The first-order valence-electron chi connectivity index (χ1n) is 3.09. The van der Waals surface area contributed by atoms with Crippen molar-refractivity contribution in [1.29, 1.82) is 0 Å². The maximum absolute atomic E-state index is 11.7. The van der Waals surface area contributed by atoms with E-state index >= 15 is 0 Å². The van der Waals surface area contributed by atoms with Crippen LogP contribution in [0.3, 0.4) is 0 Å². The van der Waals surface area contributed by atoms with Crippen LogP contribution in [-0.4, -0.2) is 23.4 Å². The third kappa shape index (κ3) is 4.15. The fourth-order valence-electron chi connectivity index (χ4n) is 0.582. The average Bonchev–Trinajstić information content (AvgIpc) is 1.78. The molecule has 0 aromatic carbocycles. The van der Waals surface area contributed by atoms with Crippen LogP contribution in [0, 0.1) is 5.92 Å². The Labute approximate surface area is 73.8 Å². The van der Waals surface area contributed by atoms with E-state index in [-0.39, 0.29) is 6.08 Å². The van der Waals surface area contributed by atoms with Crippen molar-refractivity contribution < 1.29 is 36.2 Å². The molecule has 0 fully saturated rings. The van der Waals surface area contributed by atoms with Crippen LogP contribution in [0.4, 0.5) is 26.3 Å². The molecule has 0 aliphatic heterocycles. The molecule has 82 valence electrons. The van der Waals surface area contributed by atoms with Gasteiger partial charge in [-0.25, -0.2) is 4.79 Å². The monoisotopic (exact) mass is 222 g/mol. The van der Waals surface area contributed by atoms with Gasteiger partial charge in [0.2, 0.25) is 0 Å². The first kappa shape index (κ1) is 12.8. The summed E-state index contributed by atoms with van der Waals surface area (Å²) in [5, 5.41) is 7.87. The second kappa shape index (κ2) is 3.89. The normalized spacial score (nSPS) is 13.9. The van der Waals surface area contributed by atoms with Gasteiger partial charge in [0, 0.05) is 6.08 Å². The third-order valence-corrected chi connectivity index (χ3v) is 1.14. The molecule has 8 heteroatoms. The average molecular weight is 222 g/mol. The van der Waals surface area contributed by atoms with Crippen LogP contribution >= 0.6 is 0 Å². The van der Waals surface area contributed by atoms with Gasteiger partial charge in [0.15, 0.2) is 5.92 Å². The van der Waals surface area contributed by atoms with Crippen molar-refractivity contribution in [3.8, 4) is 0 Å². The van der Waals surface area contributed by atoms with Crippen LogP contribution in [0.2, 0.25) is 0 Å². The highest BCUT2D eigenvalue weighted by Crippen LogP contribution is 2.39. The molecular weight excluding hydrogens is 218 g/mol. The summed E-state index contributed by atoms with van der Waals surface area (Å²) in [6.45, 7) is 0. The van der Waals surface area contributed by atoms with E-state index in [0.717, 1.165) is 0 Å². The molecule has 2 nitrogen and oxygen atoms in total. The lowest BCUT2D eigenvalue weighted by molar-refractivity contribution is -0.267. The van der Waals surface area contributed by atoms with E-state index in [1.807, 2.05) is 0 Å². The molecule has 0 unspecified atom stereocenters. The summed E-state index contributed by atoms with van der Waals surface area (Å²) in [7, 11) is 0. The molecule has 0 rings (SSSR count). The van der Waals surface area contributed by atoms with Crippen LogP contribution in [0.25, 0.3) is 0 Å². The topological polar surface area (TPSA) is 37.3 Å². The van der Waals surface area contributed by atoms with E-state index in [1.165, 1.54) is 0 Å². The molecule has 14 heavy (non-hydrogen) atoms. The van der Waals surface area contributed by atoms with Crippen molar-refractivity contribution in [3.63, 3.8) is 0 Å². The van der Waals surface area contributed by atoms with Crippen LogP contribution in [0.1, 0.15) is 0 Å². The molecule has 0 aliphatic rings. The van der Waals surface area contributed by atoms with Gasteiger partial charge in [0.1, 0.15) is 0 Å². The number of carbonyl (C=O) groups is 1. The van der Waals surface area contributed by atoms with Crippen molar-refractivity contribution >= 4 is 5.97 Å². The summed E-state index contributed by atoms with van der Waals surface area (Å²) in [5.74, 6) is -5.62. The number of halogens is 6. The van der Waals surface area contributed by atoms with E-state index in [1.54, 1.807) is 0 Å². The summed E-state index contributed by atoms with van der Waals surface area (Å²) >= 11 is 0. The van der Waals surface area contributed by atoms with Crippen molar-refractivity contribution in [2.24, 2.45) is 5.92 Å². The summed E-state index contributed by atoms with van der Waals surface area (Å²) in [6, 6.07) is 0. The predicted octanol–water partition coefficient (Wildman–Crippen LogP) is 2.37. The Hall–Kier alpha value is -1.21. The fourth-order valence-corrected chi connectivity index (χ4v) is 0.582. The second-order valence-corrected chi connectivity index (χ2v) is 2.26. The molecule has 0 amide bonds. The van der Waals surface area contributed by atoms with Gasteiger partial charge in [-0.05, 0) is 0 Å². The number of alkyl halides is 6. The molecular formula is C6H4F6O2. The Bertz CT molecular complexity index is 224. The molecule has 0 bridgehead atoms. The number of allylic oxidation sites excluding steroid dienone is 1. The largest absolute Gasteiger partial charge is 0.478 e. The van der Waals surface area contributed by atoms with Crippen molar-refractivity contribution in [2.75, 3.05) is 0 Å². The smallest absolute Gasteiger partial charge is 0.403 e. The molecule has 0 radical (unpaired) electrons. The Morgan fingerprint density at radius 1 is 1.07 bits per heavy atom. The molecule has 0 aromatic heterocycles. The fraction of sp³-hybridized carbons (Fsp3) is 0.500. The van der Waals surface area contributed by atoms with E-state index < -0.39 is 30.3 Å². The highest BCUT2D eigenvalue weighted by atomic mass is 19.4. The lowest BCUT2D eigenvalue weighted by Crippen LogP contribution is -2.34. The first-order chi connectivity index (χ1) is 6.05.